The summed E-state index contributed by atoms with van der Waals surface area (Å²) in [6, 6.07) is 5.14. The molecule has 1 aliphatic carbocycles. The first kappa shape index (κ1) is 13.4. The van der Waals surface area contributed by atoms with Gasteiger partial charge in [-0.15, -0.1) is 11.3 Å². The Balaban J connectivity index is 1.60. The number of halogens is 1. The van der Waals surface area contributed by atoms with Gasteiger partial charge in [-0.3, -0.25) is 0 Å². The molecule has 0 spiro atoms. The first-order valence-corrected chi connectivity index (χ1v) is 8.89. The van der Waals surface area contributed by atoms with Crippen LogP contribution in [-0.4, -0.2) is 16.5 Å². The standard InChI is InChI=1S/C18H16FN3S/c19-13-5-4-12-9-22(7-6-11(12)8-13)17-16-14-2-1-3-15(14)23-18(16)21-10-20-17/h4-5,8,10H,1-3,6-7,9H2. The number of hydrogen-bond acceptors (Lipinski definition) is 4. The van der Waals surface area contributed by atoms with Crippen LogP contribution in [-0.2, 0) is 25.8 Å². The number of fused-ring (bicyclic) bond motifs is 4. The molecule has 2 aromatic heterocycles. The summed E-state index contributed by atoms with van der Waals surface area (Å²) in [6.07, 6.45) is 6.12. The van der Waals surface area contributed by atoms with E-state index in [9.17, 15) is 4.39 Å². The molecule has 0 bridgehead atoms. The zero-order valence-electron chi connectivity index (χ0n) is 12.7. The largest absolute Gasteiger partial charge is 0.351 e. The van der Waals surface area contributed by atoms with Gasteiger partial charge in [-0.05, 0) is 54.5 Å². The molecular weight excluding hydrogens is 309 g/mol. The first-order chi connectivity index (χ1) is 11.3. The quantitative estimate of drug-likeness (QED) is 0.680. The van der Waals surface area contributed by atoms with E-state index in [1.54, 1.807) is 18.5 Å². The highest BCUT2D eigenvalue weighted by molar-refractivity contribution is 7.19. The summed E-state index contributed by atoms with van der Waals surface area (Å²) >= 11 is 1.82. The van der Waals surface area contributed by atoms with Gasteiger partial charge in [0.05, 0.1) is 5.39 Å². The van der Waals surface area contributed by atoms with Crippen LogP contribution >= 0.6 is 11.3 Å². The van der Waals surface area contributed by atoms with Gasteiger partial charge in [-0.25, -0.2) is 14.4 Å². The summed E-state index contributed by atoms with van der Waals surface area (Å²) in [5, 5.41) is 1.26. The lowest BCUT2D eigenvalue weighted by atomic mass is 9.99. The summed E-state index contributed by atoms with van der Waals surface area (Å²) in [4.78, 5) is 14.0. The van der Waals surface area contributed by atoms with Gasteiger partial charge in [0.25, 0.3) is 0 Å². The van der Waals surface area contributed by atoms with Gasteiger partial charge in [0.1, 0.15) is 22.8 Å². The van der Waals surface area contributed by atoms with Crippen LogP contribution in [0.15, 0.2) is 24.5 Å². The molecule has 5 rings (SSSR count). The second-order valence-corrected chi connectivity index (χ2v) is 7.40. The van der Waals surface area contributed by atoms with E-state index in [2.05, 4.69) is 14.9 Å². The lowest BCUT2D eigenvalue weighted by Crippen LogP contribution is -2.31. The van der Waals surface area contributed by atoms with Crippen LogP contribution in [0.1, 0.15) is 28.0 Å². The fraction of sp³-hybridized carbons (Fsp3) is 0.333. The van der Waals surface area contributed by atoms with Gasteiger partial charge in [0.15, 0.2) is 0 Å². The highest BCUT2D eigenvalue weighted by Gasteiger charge is 2.25. The monoisotopic (exact) mass is 325 g/mol. The summed E-state index contributed by atoms with van der Waals surface area (Å²) in [5.74, 6) is 0.918. The summed E-state index contributed by atoms with van der Waals surface area (Å²) in [5.41, 5.74) is 3.80. The number of anilines is 1. The number of aromatic nitrogens is 2. The Labute approximate surface area is 137 Å². The molecule has 3 aromatic rings. The van der Waals surface area contributed by atoms with Gasteiger partial charge in [-0.1, -0.05) is 6.07 Å². The highest BCUT2D eigenvalue weighted by Crippen LogP contribution is 2.40. The van der Waals surface area contributed by atoms with Crippen molar-refractivity contribution in [3.8, 4) is 0 Å². The van der Waals surface area contributed by atoms with Crippen LogP contribution in [0.3, 0.4) is 0 Å². The van der Waals surface area contributed by atoms with Gasteiger partial charge in [0.2, 0.25) is 0 Å². The topological polar surface area (TPSA) is 29.0 Å². The van der Waals surface area contributed by atoms with Gasteiger partial charge >= 0.3 is 0 Å². The number of aryl methyl sites for hydroxylation is 2. The molecular formula is C18H16FN3S. The van der Waals surface area contributed by atoms with Crippen molar-refractivity contribution in [1.82, 2.24) is 9.97 Å². The number of hydrogen-bond donors (Lipinski definition) is 0. The van der Waals surface area contributed by atoms with E-state index in [1.165, 1.54) is 34.2 Å². The molecule has 0 atom stereocenters. The van der Waals surface area contributed by atoms with E-state index in [-0.39, 0.29) is 5.82 Å². The third-order valence-corrected chi connectivity index (χ3v) is 6.16. The minimum absolute atomic E-state index is 0.141. The van der Waals surface area contributed by atoms with Crippen molar-refractivity contribution in [3.05, 3.63) is 51.9 Å². The molecule has 116 valence electrons. The molecule has 1 aromatic carbocycles. The molecule has 1 aliphatic heterocycles. The van der Waals surface area contributed by atoms with E-state index < -0.39 is 0 Å². The van der Waals surface area contributed by atoms with Crippen LogP contribution in [0.2, 0.25) is 0 Å². The van der Waals surface area contributed by atoms with Gasteiger partial charge in [0, 0.05) is 18.0 Å². The predicted molar refractivity (Wildman–Crippen MR) is 90.6 cm³/mol. The van der Waals surface area contributed by atoms with Crippen molar-refractivity contribution in [2.75, 3.05) is 11.4 Å². The van der Waals surface area contributed by atoms with Crippen molar-refractivity contribution in [1.29, 1.82) is 0 Å². The van der Waals surface area contributed by atoms with E-state index in [0.29, 0.717) is 0 Å². The minimum atomic E-state index is -0.141. The SMILES string of the molecule is Fc1ccc2c(c1)CCN(c1ncnc3sc4c(c13)CCC4)C2. The fourth-order valence-electron chi connectivity index (χ4n) is 3.85. The van der Waals surface area contributed by atoms with Crippen LogP contribution < -0.4 is 4.90 Å². The molecule has 3 nitrogen and oxygen atoms in total. The molecule has 0 fully saturated rings. The van der Waals surface area contributed by atoms with Gasteiger partial charge < -0.3 is 4.90 Å². The fourth-order valence-corrected chi connectivity index (χ4v) is 5.08. The molecule has 0 N–H and O–H groups in total. The average molecular weight is 325 g/mol. The summed E-state index contributed by atoms with van der Waals surface area (Å²) in [6.45, 7) is 1.68. The second-order valence-electron chi connectivity index (χ2n) is 6.32. The molecule has 5 heteroatoms. The molecule has 0 amide bonds. The number of rotatable bonds is 1. The van der Waals surface area contributed by atoms with Crippen molar-refractivity contribution >= 4 is 27.4 Å². The average Bonchev–Trinajstić information content (AvgIpc) is 3.14. The maximum atomic E-state index is 13.4. The molecule has 0 saturated heterocycles. The van der Waals surface area contributed by atoms with Crippen molar-refractivity contribution < 1.29 is 4.39 Å². The lowest BCUT2D eigenvalue weighted by Gasteiger charge is -2.30. The van der Waals surface area contributed by atoms with E-state index in [1.807, 2.05) is 17.4 Å². The smallest absolute Gasteiger partial charge is 0.141 e. The molecule has 2 aliphatic rings. The number of thiophene rings is 1. The molecule has 0 saturated carbocycles. The third kappa shape index (κ3) is 2.06. The Kier molecular flexibility index (Phi) is 2.92. The molecule has 3 heterocycles. The zero-order valence-corrected chi connectivity index (χ0v) is 13.5. The van der Waals surface area contributed by atoms with Crippen LogP contribution in [0.5, 0.6) is 0 Å². The van der Waals surface area contributed by atoms with E-state index >= 15 is 0 Å². The van der Waals surface area contributed by atoms with Crippen molar-refractivity contribution in [3.63, 3.8) is 0 Å². The maximum Gasteiger partial charge on any atom is 0.141 e. The maximum absolute atomic E-state index is 13.4. The third-order valence-electron chi connectivity index (χ3n) is 4.96. The Morgan fingerprint density at radius 2 is 2.04 bits per heavy atom. The molecule has 0 unspecified atom stereocenters. The minimum Gasteiger partial charge on any atom is -0.351 e. The van der Waals surface area contributed by atoms with E-state index in [4.69, 9.17) is 0 Å². The van der Waals surface area contributed by atoms with Crippen molar-refractivity contribution in [2.45, 2.75) is 32.2 Å². The molecule has 23 heavy (non-hydrogen) atoms. The van der Waals surface area contributed by atoms with Crippen molar-refractivity contribution in [2.24, 2.45) is 0 Å². The van der Waals surface area contributed by atoms with Crippen LogP contribution in [0, 0.1) is 5.82 Å². The Bertz CT molecular complexity index is 918. The van der Waals surface area contributed by atoms with Crippen LogP contribution in [0.4, 0.5) is 10.2 Å². The normalized spacial score (nSPS) is 16.7. The Morgan fingerprint density at radius 3 is 3.00 bits per heavy atom. The summed E-state index contributed by atoms with van der Waals surface area (Å²) < 4.78 is 13.4. The number of benzene rings is 1. The Hall–Kier alpha value is -2.01. The Morgan fingerprint density at radius 1 is 1.09 bits per heavy atom. The lowest BCUT2D eigenvalue weighted by molar-refractivity contribution is 0.619. The second kappa shape index (κ2) is 4.99. The van der Waals surface area contributed by atoms with Crippen LogP contribution in [0.25, 0.3) is 10.2 Å². The number of nitrogens with zero attached hydrogens (tertiary/aromatic N) is 3. The highest BCUT2D eigenvalue weighted by atomic mass is 32.1. The predicted octanol–water partition coefficient (Wildman–Crippen LogP) is 3.88. The van der Waals surface area contributed by atoms with Gasteiger partial charge in [-0.2, -0.15) is 0 Å². The zero-order chi connectivity index (χ0) is 15.4. The summed E-state index contributed by atoms with van der Waals surface area (Å²) in [7, 11) is 0. The molecule has 0 radical (unpaired) electrons. The van der Waals surface area contributed by atoms with E-state index in [0.717, 1.165) is 42.1 Å². The first-order valence-electron chi connectivity index (χ1n) is 8.07.